The van der Waals surface area contributed by atoms with Crippen LogP contribution in [0.3, 0.4) is 0 Å². The molecule has 1 aliphatic heterocycles. The van der Waals surface area contributed by atoms with Gasteiger partial charge in [0.25, 0.3) is 5.91 Å². The van der Waals surface area contributed by atoms with Gasteiger partial charge >= 0.3 is 0 Å². The lowest BCUT2D eigenvalue weighted by Crippen LogP contribution is -2.53. The second kappa shape index (κ2) is 10.7. The minimum absolute atomic E-state index is 0.0797. The maximum Gasteiger partial charge on any atom is 0.263 e. The van der Waals surface area contributed by atoms with Crippen LogP contribution in [-0.4, -0.2) is 48.0 Å². The molecular weight excluding hydrogens is 432 g/mol. The molecule has 1 atom stereocenters. The van der Waals surface area contributed by atoms with Crippen molar-refractivity contribution in [3.8, 4) is 5.75 Å². The minimum atomic E-state index is -0.480. The van der Waals surface area contributed by atoms with Crippen molar-refractivity contribution in [1.82, 2.24) is 9.80 Å². The molecule has 4 heteroatoms. The van der Waals surface area contributed by atoms with Gasteiger partial charge in [-0.1, -0.05) is 104 Å². The normalized spacial score (nSPS) is 15.3. The maximum atomic E-state index is 13.5. The first-order chi connectivity index (χ1) is 17.2. The van der Waals surface area contributed by atoms with Crippen molar-refractivity contribution < 1.29 is 9.53 Å². The van der Waals surface area contributed by atoms with E-state index in [0.717, 1.165) is 29.6 Å². The number of hydrogen-bond donors (Lipinski definition) is 0. The largest absolute Gasteiger partial charge is 0.480 e. The molecule has 4 aromatic rings. The molecule has 1 heterocycles. The highest BCUT2D eigenvalue weighted by Gasteiger charge is 2.31. The van der Waals surface area contributed by atoms with E-state index < -0.39 is 6.10 Å². The van der Waals surface area contributed by atoms with Crippen LogP contribution >= 0.6 is 0 Å². The van der Waals surface area contributed by atoms with E-state index in [0.29, 0.717) is 19.5 Å². The van der Waals surface area contributed by atoms with Crippen LogP contribution in [0, 0.1) is 0 Å². The number of hydrogen-bond acceptors (Lipinski definition) is 3. The number of piperazine rings is 1. The molecule has 0 radical (unpaired) electrons. The average Bonchev–Trinajstić information content (AvgIpc) is 2.93. The highest BCUT2D eigenvalue weighted by molar-refractivity contribution is 5.89. The number of carbonyl (C=O) groups excluding carboxylic acids is 1. The van der Waals surface area contributed by atoms with Crippen molar-refractivity contribution in [3.63, 3.8) is 0 Å². The molecule has 0 unspecified atom stereocenters. The average molecular weight is 465 g/mol. The molecule has 0 spiro atoms. The van der Waals surface area contributed by atoms with Gasteiger partial charge in [0.2, 0.25) is 0 Å². The molecule has 4 aromatic carbocycles. The Balaban J connectivity index is 1.29. The number of amides is 1. The Hall–Kier alpha value is -3.63. The second-order valence-electron chi connectivity index (χ2n) is 9.08. The Labute approximate surface area is 207 Å². The monoisotopic (exact) mass is 464 g/mol. The molecule has 1 aliphatic rings. The van der Waals surface area contributed by atoms with Crippen molar-refractivity contribution in [3.05, 3.63) is 114 Å². The third-order valence-electron chi connectivity index (χ3n) is 6.89. The summed E-state index contributed by atoms with van der Waals surface area (Å²) in [6.07, 6.45) is 0.158. The van der Waals surface area contributed by atoms with E-state index in [1.54, 1.807) is 0 Å². The Kier molecular flexibility index (Phi) is 7.10. The summed E-state index contributed by atoms with van der Waals surface area (Å²) in [7, 11) is 0. The van der Waals surface area contributed by atoms with Crippen LogP contribution < -0.4 is 4.74 Å². The van der Waals surface area contributed by atoms with Gasteiger partial charge in [-0.3, -0.25) is 9.69 Å². The van der Waals surface area contributed by atoms with Crippen LogP contribution in [0.5, 0.6) is 5.75 Å². The molecule has 0 aliphatic carbocycles. The van der Waals surface area contributed by atoms with Crippen molar-refractivity contribution in [2.24, 2.45) is 0 Å². The smallest absolute Gasteiger partial charge is 0.263 e. The molecule has 1 fully saturated rings. The van der Waals surface area contributed by atoms with E-state index >= 15 is 0 Å². The van der Waals surface area contributed by atoms with Crippen molar-refractivity contribution in [2.75, 3.05) is 26.2 Å². The Bertz CT molecular complexity index is 1210. The molecule has 5 rings (SSSR count). The van der Waals surface area contributed by atoms with Gasteiger partial charge in [0.1, 0.15) is 5.75 Å². The summed E-state index contributed by atoms with van der Waals surface area (Å²) in [5, 5.41) is 2.16. The number of fused-ring (bicyclic) bond motifs is 1. The van der Waals surface area contributed by atoms with Crippen LogP contribution in [0.1, 0.15) is 30.5 Å². The number of nitrogens with zero attached hydrogens (tertiary/aromatic N) is 2. The minimum Gasteiger partial charge on any atom is -0.480 e. The van der Waals surface area contributed by atoms with Crippen molar-refractivity contribution >= 4 is 16.7 Å². The highest BCUT2D eigenvalue weighted by Crippen LogP contribution is 2.30. The lowest BCUT2D eigenvalue weighted by molar-refractivity contribution is -0.140. The van der Waals surface area contributed by atoms with E-state index in [1.807, 2.05) is 42.2 Å². The van der Waals surface area contributed by atoms with Gasteiger partial charge in [-0.2, -0.15) is 0 Å². The third kappa shape index (κ3) is 5.08. The van der Waals surface area contributed by atoms with Crippen molar-refractivity contribution in [1.29, 1.82) is 0 Å². The second-order valence-corrected chi connectivity index (χ2v) is 9.08. The first-order valence-corrected chi connectivity index (χ1v) is 12.5. The summed E-state index contributed by atoms with van der Waals surface area (Å²) in [5.74, 6) is 0.853. The van der Waals surface area contributed by atoms with Crippen LogP contribution in [0.4, 0.5) is 0 Å². The molecule has 1 amide bonds. The molecule has 178 valence electrons. The quantitative estimate of drug-likeness (QED) is 0.340. The number of carbonyl (C=O) groups is 1. The summed E-state index contributed by atoms with van der Waals surface area (Å²) >= 11 is 0. The fourth-order valence-electron chi connectivity index (χ4n) is 5.05. The zero-order chi connectivity index (χ0) is 24.0. The first-order valence-electron chi connectivity index (χ1n) is 12.5. The number of benzene rings is 4. The highest BCUT2D eigenvalue weighted by atomic mass is 16.5. The molecule has 0 N–H and O–H groups in total. The van der Waals surface area contributed by atoms with Crippen LogP contribution in [0.15, 0.2) is 103 Å². The van der Waals surface area contributed by atoms with Crippen LogP contribution in [0.2, 0.25) is 0 Å². The zero-order valence-corrected chi connectivity index (χ0v) is 20.2. The summed E-state index contributed by atoms with van der Waals surface area (Å²) < 4.78 is 6.30. The van der Waals surface area contributed by atoms with E-state index in [9.17, 15) is 4.79 Å². The van der Waals surface area contributed by atoms with Crippen molar-refractivity contribution in [2.45, 2.75) is 25.5 Å². The van der Waals surface area contributed by atoms with Gasteiger partial charge in [0.05, 0.1) is 6.04 Å². The molecular formula is C31H32N2O2. The van der Waals surface area contributed by atoms with E-state index in [2.05, 4.69) is 77.7 Å². The topological polar surface area (TPSA) is 32.8 Å². The first kappa shape index (κ1) is 23.1. The molecule has 1 saturated heterocycles. The van der Waals surface area contributed by atoms with E-state index in [1.165, 1.54) is 11.1 Å². The Morgan fingerprint density at radius 2 is 1.31 bits per heavy atom. The number of ether oxygens (including phenoxy) is 1. The summed E-state index contributed by atoms with van der Waals surface area (Å²) in [6.45, 7) is 5.06. The Morgan fingerprint density at radius 1 is 0.743 bits per heavy atom. The zero-order valence-electron chi connectivity index (χ0n) is 20.2. The SMILES string of the molecule is CC[C@@H](Oc1cccc2ccccc12)C(=O)N1CCN(C(c2ccccc2)c2ccccc2)CC1. The van der Waals surface area contributed by atoms with E-state index in [4.69, 9.17) is 4.74 Å². The van der Waals surface area contributed by atoms with Gasteiger partial charge in [-0.25, -0.2) is 0 Å². The van der Waals surface area contributed by atoms with Gasteiger partial charge in [-0.15, -0.1) is 0 Å². The van der Waals surface area contributed by atoms with E-state index in [-0.39, 0.29) is 11.9 Å². The van der Waals surface area contributed by atoms with Crippen LogP contribution in [0.25, 0.3) is 10.8 Å². The molecule has 0 saturated carbocycles. The lowest BCUT2D eigenvalue weighted by Gasteiger charge is -2.40. The fraction of sp³-hybridized carbons (Fsp3) is 0.258. The fourth-order valence-corrected chi connectivity index (χ4v) is 5.05. The lowest BCUT2D eigenvalue weighted by atomic mass is 9.96. The maximum absolute atomic E-state index is 13.5. The molecule has 4 nitrogen and oxygen atoms in total. The number of rotatable bonds is 7. The standard InChI is InChI=1S/C31H32N2O2/c1-2-28(35-29-19-11-17-24-12-9-10-18-27(24)29)31(34)33-22-20-32(21-23-33)30(25-13-5-3-6-14-25)26-15-7-4-8-16-26/h3-19,28,30H,2,20-23H2,1H3/t28-/m1/s1. The predicted octanol–water partition coefficient (Wildman–Crippen LogP) is 5.93. The molecule has 0 aromatic heterocycles. The molecule has 0 bridgehead atoms. The van der Waals surface area contributed by atoms with Crippen LogP contribution in [-0.2, 0) is 4.79 Å². The summed E-state index contributed by atoms with van der Waals surface area (Å²) in [4.78, 5) is 17.9. The third-order valence-corrected chi connectivity index (χ3v) is 6.89. The van der Waals surface area contributed by atoms with Gasteiger partial charge in [0, 0.05) is 31.6 Å². The van der Waals surface area contributed by atoms with Gasteiger partial charge in [-0.05, 0) is 29.0 Å². The van der Waals surface area contributed by atoms with Gasteiger partial charge in [0.15, 0.2) is 6.10 Å². The molecule has 35 heavy (non-hydrogen) atoms. The predicted molar refractivity (Wildman–Crippen MR) is 142 cm³/mol. The summed E-state index contributed by atoms with van der Waals surface area (Å²) in [6, 6.07) is 35.6. The summed E-state index contributed by atoms with van der Waals surface area (Å²) in [5.41, 5.74) is 2.56. The van der Waals surface area contributed by atoms with Gasteiger partial charge < -0.3 is 9.64 Å². The Morgan fingerprint density at radius 3 is 1.94 bits per heavy atom.